The molecule has 1 rings (SSSR count). The lowest BCUT2D eigenvalue weighted by atomic mass is 9.93. The fourth-order valence-electron chi connectivity index (χ4n) is 2.64. The highest BCUT2D eigenvalue weighted by atomic mass is 28.3. The van der Waals surface area contributed by atoms with Crippen molar-refractivity contribution < 1.29 is 14.3 Å². The Kier molecular flexibility index (Phi) is 6.75. The van der Waals surface area contributed by atoms with Crippen LogP contribution < -0.4 is 10.5 Å². The van der Waals surface area contributed by atoms with E-state index in [4.69, 9.17) is 4.74 Å². The zero-order valence-electron chi connectivity index (χ0n) is 14.7. The summed E-state index contributed by atoms with van der Waals surface area (Å²) >= 11 is 0. The second-order valence-electron chi connectivity index (χ2n) is 6.49. The molecule has 0 heterocycles. The van der Waals surface area contributed by atoms with E-state index < -0.39 is 20.1 Å². The van der Waals surface area contributed by atoms with Crippen molar-refractivity contribution in [3.05, 3.63) is 42.5 Å². The van der Waals surface area contributed by atoms with Crippen LogP contribution in [0.4, 0.5) is 0 Å². The van der Waals surface area contributed by atoms with Crippen LogP contribution in [0.5, 0.6) is 0 Å². The van der Waals surface area contributed by atoms with Gasteiger partial charge in [0, 0.05) is 12.8 Å². The molecular formula is C18H27NO3Si. The molecule has 0 radical (unpaired) electrons. The summed E-state index contributed by atoms with van der Waals surface area (Å²) in [5.74, 6) is -0.842. The maximum atomic E-state index is 11.9. The van der Waals surface area contributed by atoms with Crippen LogP contribution in [0.1, 0.15) is 25.3 Å². The van der Waals surface area contributed by atoms with E-state index >= 15 is 0 Å². The Labute approximate surface area is 139 Å². The van der Waals surface area contributed by atoms with Crippen molar-refractivity contribution in [2.24, 2.45) is 0 Å². The van der Waals surface area contributed by atoms with Gasteiger partial charge in [0.15, 0.2) is 0 Å². The number of esters is 1. The molecule has 1 amide bonds. The molecule has 1 unspecified atom stereocenters. The molecule has 0 spiro atoms. The van der Waals surface area contributed by atoms with Crippen molar-refractivity contribution in [2.45, 2.75) is 44.9 Å². The molecule has 2 atom stereocenters. The Morgan fingerprint density at radius 3 is 2.30 bits per heavy atom. The van der Waals surface area contributed by atoms with E-state index in [2.05, 4.69) is 37.1 Å². The van der Waals surface area contributed by atoms with Crippen LogP contribution in [0.25, 0.3) is 0 Å². The molecule has 0 aliphatic carbocycles. The van der Waals surface area contributed by atoms with Crippen LogP contribution in [0.3, 0.4) is 0 Å². The van der Waals surface area contributed by atoms with Gasteiger partial charge < -0.3 is 10.1 Å². The number of nitrogens with one attached hydrogen (secondary N) is 1. The van der Waals surface area contributed by atoms with Crippen LogP contribution in [0.2, 0.25) is 19.1 Å². The summed E-state index contributed by atoms with van der Waals surface area (Å²) in [7, 11) is -0.169. The molecule has 126 valence electrons. The normalized spacial score (nSPS) is 13.8. The van der Waals surface area contributed by atoms with Gasteiger partial charge in [0.05, 0.1) is 15.2 Å². The lowest BCUT2D eigenvalue weighted by Crippen LogP contribution is -2.44. The maximum absolute atomic E-state index is 11.9. The van der Waals surface area contributed by atoms with Gasteiger partial charge >= 0.3 is 5.97 Å². The minimum absolute atomic E-state index is 0.162. The molecule has 1 N–H and O–H groups in total. The molecule has 1 aromatic carbocycles. The first kappa shape index (κ1) is 19.2. The summed E-state index contributed by atoms with van der Waals surface area (Å²) in [5.41, 5.74) is 1.00. The predicted octanol–water partition coefficient (Wildman–Crippen LogP) is 2.57. The summed E-state index contributed by atoms with van der Waals surface area (Å²) in [6, 6.07) is 8.68. The summed E-state index contributed by atoms with van der Waals surface area (Å²) in [6.45, 7) is 11.8. The van der Waals surface area contributed by atoms with Crippen molar-refractivity contribution in [2.75, 3.05) is 7.11 Å². The average molecular weight is 334 g/mol. The molecule has 0 fully saturated rings. The van der Waals surface area contributed by atoms with Gasteiger partial charge in [0.2, 0.25) is 5.91 Å². The number of rotatable bonds is 7. The van der Waals surface area contributed by atoms with Gasteiger partial charge in [-0.2, -0.15) is 0 Å². The van der Waals surface area contributed by atoms with Gasteiger partial charge in [-0.25, -0.2) is 4.79 Å². The molecule has 0 aliphatic heterocycles. The topological polar surface area (TPSA) is 55.4 Å². The van der Waals surface area contributed by atoms with E-state index in [0.29, 0.717) is 0 Å². The number of amides is 1. The van der Waals surface area contributed by atoms with Crippen LogP contribution >= 0.6 is 0 Å². The number of ether oxygens (including phenoxy) is 1. The first-order valence-corrected chi connectivity index (χ1v) is 11.0. The fraction of sp³-hybridized carbons (Fsp3) is 0.444. The molecule has 23 heavy (non-hydrogen) atoms. The largest absolute Gasteiger partial charge is 0.467 e. The maximum Gasteiger partial charge on any atom is 0.328 e. The molecular weight excluding hydrogens is 306 g/mol. The van der Waals surface area contributed by atoms with Crippen LogP contribution in [0.15, 0.2) is 36.9 Å². The molecule has 1 aromatic rings. The SMILES string of the molecule is C=CC[Si](C)(C)c1ccc(C(C)[C@H](NC(C)=O)C(=O)OC)cc1. The van der Waals surface area contributed by atoms with Crippen molar-refractivity contribution in [1.29, 1.82) is 0 Å². The van der Waals surface area contributed by atoms with Gasteiger partial charge in [-0.3, -0.25) is 4.79 Å². The standard InChI is InChI=1S/C18H27NO3Si/c1-7-12-23(5,6)16-10-8-15(9-11-16)13(2)17(18(21)22-4)19-14(3)20/h7-11,13,17H,1,12H2,2-6H3,(H,19,20)/t13?,17-/m0/s1. The number of hydrogen-bond donors (Lipinski definition) is 1. The zero-order valence-corrected chi connectivity index (χ0v) is 15.7. The molecule has 0 aliphatic rings. The zero-order chi connectivity index (χ0) is 17.6. The van der Waals surface area contributed by atoms with Crippen LogP contribution in [-0.2, 0) is 14.3 Å². The minimum atomic E-state index is -1.50. The number of benzene rings is 1. The Bertz CT molecular complexity index is 566. The predicted molar refractivity (Wildman–Crippen MR) is 96.6 cm³/mol. The van der Waals surface area contributed by atoms with E-state index in [9.17, 15) is 9.59 Å². The fourth-order valence-corrected chi connectivity index (χ4v) is 4.67. The number of methoxy groups -OCH3 is 1. The first-order chi connectivity index (χ1) is 10.7. The number of hydrogen-bond acceptors (Lipinski definition) is 3. The lowest BCUT2D eigenvalue weighted by Gasteiger charge is -2.25. The third kappa shape index (κ3) is 5.06. The van der Waals surface area contributed by atoms with Crippen molar-refractivity contribution in [1.82, 2.24) is 5.32 Å². The smallest absolute Gasteiger partial charge is 0.328 e. The van der Waals surface area contributed by atoms with E-state index in [1.54, 1.807) is 0 Å². The average Bonchev–Trinajstić information content (AvgIpc) is 2.51. The Hall–Kier alpha value is -1.88. The molecule has 5 heteroatoms. The highest BCUT2D eigenvalue weighted by Gasteiger charge is 2.28. The van der Waals surface area contributed by atoms with E-state index in [-0.39, 0.29) is 11.8 Å². The first-order valence-electron chi connectivity index (χ1n) is 7.79. The van der Waals surface area contributed by atoms with Crippen molar-refractivity contribution >= 4 is 25.1 Å². The monoisotopic (exact) mass is 333 g/mol. The van der Waals surface area contributed by atoms with Crippen molar-refractivity contribution in [3.63, 3.8) is 0 Å². The summed E-state index contributed by atoms with van der Waals surface area (Å²) < 4.78 is 4.81. The second-order valence-corrected chi connectivity index (χ2v) is 11.2. The van der Waals surface area contributed by atoms with Gasteiger partial charge in [-0.15, -0.1) is 6.58 Å². The molecule has 4 nitrogen and oxygen atoms in total. The van der Waals surface area contributed by atoms with Crippen LogP contribution in [-0.4, -0.2) is 33.1 Å². The summed E-state index contributed by atoms with van der Waals surface area (Å²) in [5, 5.41) is 4.03. The van der Waals surface area contributed by atoms with Gasteiger partial charge in [-0.1, -0.05) is 55.5 Å². The van der Waals surface area contributed by atoms with E-state index in [1.807, 2.05) is 25.1 Å². The Balaban J connectivity index is 3.02. The Morgan fingerprint density at radius 2 is 1.87 bits per heavy atom. The summed E-state index contributed by atoms with van der Waals surface area (Å²) in [4.78, 5) is 23.3. The van der Waals surface area contributed by atoms with Crippen LogP contribution in [0, 0.1) is 0 Å². The van der Waals surface area contributed by atoms with Gasteiger partial charge in [0.1, 0.15) is 6.04 Å². The van der Waals surface area contributed by atoms with Gasteiger partial charge in [-0.05, 0) is 11.6 Å². The van der Waals surface area contributed by atoms with Crippen molar-refractivity contribution in [3.8, 4) is 0 Å². The lowest BCUT2D eigenvalue weighted by molar-refractivity contribution is -0.145. The minimum Gasteiger partial charge on any atom is -0.467 e. The van der Waals surface area contributed by atoms with Gasteiger partial charge in [0.25, 0.3) is 0 Å². The highest BCUT2D eigenvalue weighted by molar-refractivity contribution is 6.90. The van der Waals surface area contributed by atoms with E-state index in [0.717, 1.165) is 11.6 Å². The molecule has 0 bridgehead atoms. The Morgan fingerprint density at radius 1 is 1.30 bits per heavy atom. The molecule has 0 saturated carbocycles. The number of carbonyl (C=O) groups excluding carboxylic acids is 2. The summed E-state index contributed by atoms with van der Waals surface area (Å²) in [6.07, 6.45) is 1.98. The quantitative estimate of drug-likeness (QED) is 0.474. The second kappa shape index (κ2) is 8.11. The molecule has 0 saturated heterocycles. The highest BCUT2D eigenvalue weighted by Crippen LogP contribution is 2.21. The molecule has 0 aromatic heterocycles. The number of allylic oxidation sites excluding steroid dienone is 1. The number of carbonyl (C=O) groups is 2. The third-order valence-corrected chi connectivity index (χ3v) is 7.39. The third-order valence-electron chi connectivity index (χ3n) is 4.19. The van der Waals surface area contributed by atoms with E-state index in [1.165, 1.54) is 19.2 Å².